The van der Waals surface area contributed by atoms with Crippen molar-refractivity contribution in [2.45, 2.75) is 32.2 Å². The van der Waals surface area contributed by atoms with Crippen LogP contribution in [-0.2, 0) is 6.54 Å². The van der Waals surface area contributed by atoms with Gasteiger partial charge in [-0.3, -0.25) is 14.2 Å². The number of amides is 1. The van der Waals surface area contributed by atoms with Crippen LogP contribution in [0.25, 0.3) is 0 Å². The Morgan fingerprint density at radius 2 is 2.10 bits per heavy atom. The second-order valence-electron chi connectivity index (χ2n) is 5.35. The van der Waals surface area contributed by atoms with Crippen molar-refractivity contribution in [3.63, 3.8) is 0 Å². The molecule has 1 aromatic heterocycles. The highest BCUT2D eigenvalue weighted by Gasteiger charge is 2.20. The van der Waals surface area contributed by atoms with Crippen LogP contribution in [-0.4, -0.2) is 15.5 Å². The van der Waals surface area contributed by atoms with E-state index in [0.29, 0.717) is 12.1 Å². The molecular formula is C16H17N3O2. The summed E-state index contributed by atoms with van der Waals surface area (Å²) < 4.78 is 1.68. The number of rotatable bonds is 2. The summed E-state index contributed by atoms with van der Waals surface area (Å²) in [5.74, 6) is 0.799. The van der Waals surface area contributed by atoms with Crippen LogP contribution in [0.3, 0.4) is 0 Å². The molecule has 1 aromatic carbocycles. The Bertz CT molecular complexity index is 722. The molecule has 108 valence electrons. The number of carbonyl (C=O) groups is 1. The first-order chi connectivity index (χ1) is 10.2. The molecule has 0 bridgehead atoms. The lowest BCUT2D eigenvalue weighted by molar-refractivity contribution is 0.102. The molecule has 1 N–H and O–H groups in total. The van der Waals surface area contributed by atoms with Gasteiger partial charge in [0.1, 0.15) is 11.5 Å². The summed E-state index contributed by atoms with van der Waals surface area (Å²) >= 11 is 0. The molecule has 5 nitrogen and oxygen atoms in total. The van der Waals surface area contributed by atoms with Gasteiger partial charge < -0.3 is 5.32 Å². The van der Waals surface area contributed by atoms with E-state index in [0.717, 1.165) is 18.7 Å². The van der Waals surface area contributed by atoms with Gasteiger partial charge in [0.05, 0.1) is 6.20 Å². The average molecular weight is 283 g/mol. The summed E-state index contributed by atoms with van der Waals surface area (Å²) in [7, 11) is 0. The average Bonchev–Trinajstić information content (AvgIpc) is 2.51. The summed E-state index contributed by atoms with van der Waals surface area (Å²) in [5.41, 5.74) is 0.588. The molecule has 5 heteroatoms. The molecule has 1 unspecified atom stereocenters. The summed E-state index contributed by atoms with van der Waals surface area (Å²) in [4.78, 5) is 28.9. The minimum Gasteiger partial charge on any atom is -0.316 e. The summed E-state index contributed by atoms with van der Waals surface area (Å²) in [6.45, 7) is 2.74. The van der Waals surface area contributed by atoms with Crippen molar-refractivity contribution in [1.82, 2.24) is 9.55 Å². The van der Waals surface area contributed by atoms with Gasteiger partial charge in [-0.25, -0.2) is 4.98 Å². The molecule has 1 amide bonds. The molecule has 1 atom stereocenters. The van der Waals surface area contributed by atoms with Crippen LogP contribution in [0.2, 0.25) is 0 Å². The number of hydrogen-bond donors (Lipinski definition) is 1. The van der Waals surface area contributed by atoms with Crippen LogP contribution in [0.15, 0.2) is 41.3 Å². The van der Waals surface area contributed by atoms with Gasteiger partial charge in [-0.2, -0.15) is 0 Å². The lowest BCUT2D eigenvalue weighted by atomic mass is 10.0. The Balaban J connectivity index is 1.91. The van der Waals surface area contributed by atoms with E-state index in [-0.39, 0.29) is 23.1 Å². The fraction of sp³-hybridized carbons (Fsp3) is 0.312. The first kappa shape index (κ1) is 13.5. The number of hydrogen-bond acceptors (Lipinski definition) is 3. The highest BCUT2D eigenvalue weighted by molar-refractivity contribution is 6.04. The summed E-state index contributed by atoms with van der Waals surface area (Å²) in [6.07, 6.45) is 3.48. The largest absolute Gasteiger partial charge is 0.316 e. The fourth-order valence-electron chi connectivity index (χ4n) is 2.67. The van der Waals surface area contributed by atoms with Crippen LogP contribution >= 0.6 is 0 Å². The van der Waals surface area contributed by atoms with Gasteiger partial charge in [0, 0.05) is 18.0 Å². The standard InChI is InChI=1S/C16H17N3O2/c1-11-6-5-9-19-14(11)17-10-13(16(19)21)18-15(20)12-7-3-2-4-8-12/h2-4,7-8,10-11H,5-6,9H2,1H3,(H,18,20). The third-order valence-corrected chi connectivity index (χ3v) is 3.82. The fourth-order valence-corrected chi connectivity index (χ4v) is 2.67. The molecule has 0 saturated heterocycles. The predicted molar refractivity (Wildman–Crippen MR) is 80.5 cm³/mol. The molecule has 0 aliphatic carbocycles. The Labute approximate surface area is 122 Å². The van der Waals surface area contributed by atoms with Crippen LogP contribution in [0.4, 0.5) is 5.69 Å². The van der Waals surface area contributed by atoms with Crippen LogP contribution in [0.1, 0.15) is 41.9 Å². The van der Waals surface area contributed by atoms with E-state index < -0.39 is 0 Å². The Kier molecular flexibility index (Phi) is 3.56. The number of aromatic nitrogens is 2. The number of carbonyl (C=O) groups excluding carboxylic acids is 1. The first-order valence-corrected chi connectivity index (χ1v) is 7.13. The molecule has 21 heavy (non-hydrogen) atoms. The van der Waals surface area contributed by atoms with Gasteiger partial charge >= 0.3 is 0 Å². The van der Waals surface area contributed by atoms with Gasteiger partial charge in [-0.1, -0.05) is 25.1 Å². The highest BCUT2D eigenvalue weighted by atomic mass is 16.2. The maximum atomic E-state index is 12.4. The van der Waals surface area contributed by atoms with Crippen molar-refractivity contribution in [2.24, 2.45) is 0 Å². The van der Waals surface area contributed by atoms with Crippen molar-refractivity contribution in [3.8, 4) is 0 Å². The molecule has 1 aliphatic rings. The second kappa shape index (κ2) is 5.52. The van der Waals surface area contributed by atoms with Crippen LogP contribution < -0.4 is 10.9 Å². The van der Waals surface area contributed by atoms with E-state index in [1.807, 2.05) is 6.07 Å². The quantitative estimate of drug-likeness (QED) is 0.920. The van der Waals surface area contributed by atoms with Crippen LogP contribution in [0.5, 0.6) is 0 Å². The number of anilines is 1. The molecule has 1 aliphatic heterocycles. The monoisotopic (exact) mass is 283 g/mol. The lowest BCUT2D eigenvalue weighted by Gasteiger charge is -2.23. The number of benzene rings is 1. The Morgan fingerprint density at radius 1 is 1.33 bits per heavy atom. The summed E-state index contributed by atoms with van der Waals surface area (Å²) in [5, 5.41) is 2.66. The predicted octanol–water partition coefficient (Wildman–Crippen LogP) is 2.39. The SMILES string of the molecule is CC1CCCn2c1ncc(NC(=O)c1ccccc1)c2=O. The molecular weight excluding hydrogens is 266 g/mol. The molecule has 0 saturated carbocycles. The molecule has 2 aromatic rings. The normalized spacial score (nSPS) is 17.1. The second-order valence-corrected chi connectivity index (χ2v) is 5.35. The van der Waals surface area contributed by atoms with E-state index in [2.05, 4.69) is 17.2 Å². The maximum absolute atomic E-state index is 12.4. The first-order valence-electron chi connectivity index (χ1n) is 7.13. The van der Waals surface area contributed by atoms with Gasteiger partial charge in [-0.15, -0.1) is 0 Å². The van der Waals surface area contributed by atoms with Gasteiger partial charge in [0.25, 0.3) is 11.5 Å². The van der Waals surface area contributed by atoms with E-state index >= 15 is 0 Å². The van der Waals surface area contributed by atoms with Gasteiger partial charge in [-0.05, 0) is 25.0 Å². The minimum absolute atomic E-state index is 0.171. The molecule has 2 heterocycles. The zero-order valence-corrected chi connectivity index (χ0v) is 11.9. The van der Waals surface area contributed by atoms with E-state index in [1.165, 1.54) is 6.20 Å². The molecule has 3 rings (SSSR count). The van der Waals surface area contributed by atoms with Crippen LogP contribution in [0, 0.1) is 0 Å². The highest BCUT2D eigenvalue weighted by Crippen LogP contribution is 2.23. The molecule has 0 spiro atoms. The summed E-state index contributed by atoms with van der Waals surface area (Å²) in [6, 6.07) is 8.83. The van der Waals surface area contributed by atoms with Crippen molar-refractivity contribution in [3.05, 3.63) is 58.3 Å². The molecule has 0 radical (unpaired) electrons. The maximum Gasteiger partial charge on any atom is 0.277 e. The Morgan fingerprint density at radius 3 is 2.86 bits per heavy atom. The number of fused-ring (bicyclic) bond motifs is 1. The van der Waals surface area contributed by atoms with Crippen molar-refractivity contribution >= 4 is 11.6 Å². The number of nitrogens with zero attached hydrogens (tertiary/aromatic N) is 2. The minimum atomic E-state index is -0.293. The third kappa shape index (κ3) is 2.59. The zero-order valence-electron chi connectivity index (χ0n) is 11.9. The van der Waals surface area contributed by atoms with Gasteiger partial charge in [0.2, 0.25) is 0 Å². The van der Waals surface area contributed by atoms with Gasteiger partial charge in [0.15, 0.2) is 0 Å². The Hall–Kier alpha value is -2.43. The molecule has 0 fully saturated rings. The van der Waals surface area contributed by atoms with E-state index in [9.17, 15) is 9.59 Å². The van der Waals surface area contributed by atoms with Crippen molar-refractivity contribution in [2.75, 3.05) is 5.32 Å². The smallest absolute Gasteiger partial charge is 0.277 e. The third-order valence-electron chi connectivity index (χ3n) is 3.82. The zero-order chi connectivity index (χ0) is 14.8. The number of nitrogens with one attached hydrogen (secondary N) is 1. The van der Waals surface area contributed by atoms with Crippen molar-refractivity contribution < 1.29 is 4.79 Å². The lowest BCUT2D eigenvalue weighted by Crippen LogP contribution is -2.32. The van der Waals surface area contributed by atoms with E-state index in [4.69, 9.17) is 0 Å². The van der Waals surface area contributed by atoms with E-state index in [1.54, 1.807) is 28.8 Å². The topological polar surface area (TPSA) is 64.0 Å². The van der Waals surface area contributed by atoms with Crippen molar-refractivity contribution in [1.29, 1.82) is 0 Å².